The second-order valence-electron chi connectivity index (χ2n) is 4.86. The molecule has 3 nitrogen and oxygen atoms in total. The first kappa shape index (κ1) is 13.5. The van der Waals surface area contributed by atoms with Gasteiger partial charge in [-0.1, -0.05) is 12.1 Å². The molecule has 0 radical (unpaired) electrons. The average Bonchev–Trinajstić information content (AvgIpc) is 2.80. The van der Waals surface area contributed by atoms with Gasteiger partial charge in [-0.25, -0.2) is 0 Å². The van der Waals surface area contributed by atoms with Crippen LogP contribution in [0.3, 0.4) is 0 Å². The third kappa shape index (κ3) is 3.51. The number of ether oxygens (including phenoxy) is 1. The lowest BCUT2D eigenvalue weighted by Gasteiger charge is -2.15. The summed E-state index contributed by atoms with van der Waals surface area (Å²) >= 11 is 0. The van der Waals surface area contributed by atoms with Crippen molar-refractivity contribution in [3.8, 4) is 18.1 Å². The molecule has 2 rings (SSSR count). The first-order valence-corrected chi connectivity index (χ1v) is 6.59. The Morgan fingerprint density at radius 3 is 2.74 bits per heavy atom. The van der Waals surface area contributed by atoms with Crippen LogP contribution >= 0.6 is 0 Å². The van der Waals surface area contributed by atoms with E-state index in [0.717, 1.165) is 31.7 Å². The van der Waals surface area contributed by atoms with E-state index in [9.17, 15) is 4.79 Å². The van der Waals surface area contributed by atoms with Crippen LogP contribution in [0.5, 0.6) is 5.75 Å². The van der Waals surface area contributed by atoms with Crippen LogP contribution in [0, 0.1) is 18.3 Å². The van der Waals surface area contributed by atoms with E-state index in [-0.39, 0.29) is 11.8 Å². The number of hydrogen-bond acceptors (Lipinski definition) is 2. The van der Waals surface area contributed by atoms with Gasteiger partial charge in [0.15, 0.2) is 0 Å². The molecule has 1 unspecified atom stereocenters. The molecule has 100 valence electrons. The Morgan fingerprint density at radius 2 is 2.16 bits per heavy atom. The van der Waals surface area contributed by atoms with Crippen LogP contribution < -0.4 is 4.74 Å². The number of methoxy groups -OCH3 is 1. The number of terminal acetylenes is 1. The number of likely N-dealkylation sites (tertiary alicyclic amines) is 1. The summed E-state index contributed by atoms with van der Waals surface area (Å²) in [6.07, 6.45) is 7.81. The van der Waals surface area contributed by atoms with Gasteiger partial charge in [0.1, 0.15) is 5.75 Å². The average molecular weight is 257 g/mol. The molecule has 1 heterocycles. The molecule has 0 saturated carbocycles. The second kappa shape index (κ2) is 6.29. The molecule has 1 atom stereocenters. The summed E-state index contributed by atoms with van der Waals surface area (Å²) in [6, 6.07) is 8.05. The maximum atomic E-state index is 11.7. The molecule has 1 saturated heterocycles. The summed E-state index contributed by atoms with van der Waals surface area (Å²) < 4.78 is 5.12. The standard InChI is InChI=1S/C16H19NO2/c1-3-13-11-16(18)17(12-13)10-4-5-14-6-8-15(19-2)9-7-14/h1,6-9,13H,4-5,10-12H2,2H3. The van der Waals surface area contributed by atoms with Gasteiger partial charge in [0.25, 0.3) is 0 Å². The molecular weight excluding hydrogens is 238 g/mol. The van der Waals surface area contributed by atoms with Crippen LogP contribution in [0.1, 0.15) is 18.4 Å². The van der Waals surface area contributed by atoms with Crippen molar-refractivity contribution in [1.29, 1.82) is 0 Å². The molecular formula is C16H19NO2. The molecule has 1 fully saturated rings. The molecule has 1 aliphatic heterocycles. The highest BCUT2D eigenvalue weighted by molar-refractivity contribution is 5.79. The summed E-state index contributed by atoms with van der Waals surface area (Å²) in [5.41, 5.74) is 1.26. The molecule has 1 aliphatic rings. The maximum absolute atomic E-state index is 11.7. The third-order valence-electron chi connectivity index (χ3n) is 3.50. The molecule has 0 N–H and O–H groups in total. The SMILES string of the molecule is C#CC1CC(=O)N(CCCc2ccc(OC)cc2)C1. The number of carbonyl (C=O) groups excluding carboxylic acids is 1. The number of benzene rings is 1. The van der Waals surface area contributed by atoms with Crippen molar-refractivity contribution in [2.75, 3.05) is 20.2 Å². The Bertz CT molecular complexity index is 473. The minimum atomic E-state index is 0.105. The van der Waals surface area contributed by atoms with Crippen LogP contribution in [-0.2, 0) is 11.2 Å². The number of nitrogens with zero attached hydrogens (tertiary/aromatic N) is 1. The fourth-order valence-corrected chi connectivity index (χ4v) is 2.37. The van der Waals surface area contributed by atoms with E-state index in [2.05, 4.69) is 18.1 Å². The van der Waals surface area contributed by atoms with E-state index in [0.29, 0.717) is 6.42 Å². The normalized spacial score (nSPS) is 18.4. The lowest BCUT2D eigenvalue weighted by atomic mass is 10.1. The minimum Gasteiger partial charge on any atom is -0.497 e. The van der Waals surface area contributed by atoms with Crippen molar-refractivity contribution in [3.05, 3.63) is 29.8 Å². The zero-order valence-electron chi connectivity index (χ0n) is 11.3. The Hall–Kier alpha value is -1.95. The van der Waals surface area contributed by atoms with Gasteiger partial charge >= 0.3 is 0 Å². The Kier molecular flexibility index (Phi) is 4.46. The van der Waals surface area contributed by atoms with Crippen LogP contribution in [0.25, 0.3) is 0 Å². The van der Waals surface area contributed by atoms with Gasteiger partial charge in [-0.3, -0.25) is 4.79 Å². The highest BCUT2D eigenvalue weighted by Gasteiger charge is 2.27. The Morgan fingerprint density at radius 1 is 1.42 bits per heavy atom. The van der Waals surface area contributed by atoms with Gasteiger partial charge in [0, 0.05) is 25.4 Å². The van der Waals surface area contributed by atoms with Crippen LogP contribution in [0.15, 0.2) is 24.3 Å². The zero-order chi connectivity index (χ0) is 13.7. The van der Waals surface area contributed by atoms with Crippen LogP contribution in [-0.4, -0.2) is 31.0 Å². The van der Waals surface area contributed by atoms with E-state index < -0.39 is 0 Å². The Balaban J connectivity index is 1.77. The number of rotatable bonds is 5. The van der Waals surface area contributed by atoms with Gasteiger partial charge < -0.3 is 9.64 Å². The van der Waals surface area contributed by atoms with E-state index in [1.54, 1.807) is 7.11 Å². The highest BCUT2D eigenvalue weighted by Crippen LogP contribution is 2.18. The number of hydrogen-bond donors (Lipinski definition) is 0. The van der Waals surface area contributed by atoms with Crippen molar-refractivity contribution in [1.82, 2.24) is 4.90 Å². The highest BCUT2D eigenvalue weighted by atomic mass is 16.5. The predicted octanol–water partition coefficient (Wildman–Crippen LogP) is 2.11. The third-order valence-corrected chi connectivity index (χ3v) is 3.50. The molecule has 0 aliphatic carbocycles. The van der Waals surface area contributed by atoms with Gasteiger partial charge in [-0.2, -0.15) is 0 Å². The predicted molar refractivity (Wildman–Crippen MR) is 74.8 cm³/mol. The molecule has 0 spiro atoms. The molecule has 1 amide bonds. The molecule has 1 aromatic rings. The van der Waals surface area contributed by atoms with Crippen molar-refractivity contribution >= 4 is 5.91 Å². The maximum Gasteiger partial charge on any atom is 0.223 e. The molecule has 1 aromatic carbocycles. The van der Waals surface area contributed by atoms with Crippen LogP contribution in [0.4, 0.5) is 0 Å². The van der Waals surface area contributed by atoms with Gasteiger partial charge in [0.05, 0.1) is 7.11 Å². The molecule has 0 aromatic heterocycles. The summed E-state index contributed by atoms with van der Waals surface area (Å²) in [5.74, 6) is 3.84. The monoisotopic (exact) mass is 257 g/mol. The fourth-order valence-electron chi connectivity index (χ4n) is 2.37. The fraction of sp³-hybridized carbons (Fsp3) is 0.438. The molecule has 0 bridgehead atoms. The van der Waals surface area contributed by atoms with Crippen molar-refractivity contribution in [3.63, 3.8) is 0 Å². The minimum absolute atomic E-state index is 0.105. The summed E-state index contributed by atoms with van der Waals surface area (Å²) in [4.78, 5) is 13.6. The van der Waals surface area contributed by atoms with E-state index >= 15 is 0 Å². The van der Waals surface area contributed by atoms with Crippen molar-refractivity contribution in [2.45, 2.75) is 19.3 Å². The number of carbonyl (C=O) groups is 1. The summed E-state index contributed by atoms with van der Waals surface area (Å²) in [7, 11) is 1.66. The lowest BCUT2D eigenvalue weighted by Crippen LogP contribution is -2.26. The summed E-state index contributed by atoms with van der Waals surface area (Å²) in [5, 5.41) is 0. The first-order chi connectivity index (χ1) is 9.22. The Labute approximate surface area is 114 Å². The largest absolute Gasteiger partial charge is 0.497 e. The first-order valence-electron chi connectivity index (χ1n) is 6.59. The van der Waals surface area contributed by atoms with Crippen molar-refractivity contribution < 1.29 is 9.53 Å². The quantitative estimate of drug-likeness (QED) is 0.756. The van der Waals surface area contributed by atoms with E-state index in [4.69, 9.17) is 11.2 Å². The molecule has 3 heteroatoms. The van der Waals surface area contributed by atoms with Crippen LogP contribution in [0.2, 0.25) is 0 Å². The number of aryl methyl sites for hydroxylation is 1. The lowest BCUT2D eigenvalue weighted by molar-refractivity contribution is -0.127. The van der Waals surface area contributed by atoms with Crippen molar-refractivity contribution in [2.24, 2.45) is 5.92 Å². The summed E-state index contributed by atoms with van der Waals surface area (Å²) in [6.45, 7) is 1.51. The topological polar surface area (TPSA) is 29.5 Å². The van der Waals surface area contributed by atoms with E-state index in [1.807, 2.05) is 17.0 Å². The second-order valence-corrected chi connectivity index (χ2v) is 4.86. The van der Waals surface area contributed by atoms with Gasteiger partial charge in [-0.05, 0) is 30.5 Å². The zero-order valence-corrected chi connectivity index (χ0v) is 11.3. The smallest absolute Gasteiger partial charge is 0.223 e. The van der Waals surface area contributed by atoms with Gasteiger partial charge in [-0.15, -0.1) is 12.3 Å². The molecule has 19 heavy (non-hydrogen) atoms. The van der Waals surface area contributed by atoms with Gasteiger partial charge in [0.2, 0.25) is 5.91 Å². The van der Waals surface area contributed by atoms with E-state index in [1.165, 1.54) is 5.56 Å². The number of amides is 1.